The minimum absolute atomic E-state index is 0.113. The number of nitrogens with zero attached hydrogens (tertiary/aromatic N) is 2. The largest absolute Gasteiger partial charge is 0.505 e. The number of benzene rings is 1. The highest BCUT2D eigenvalue weighted by Crippen LogP contribution is 2.19. The van der Waals surface area contributed by atoms with Crippen LogP contribution in [0.5, 0.6) is 5.75 Å². The summed E-state index contributed by atoms with van der Waals surface area (Å²) in [5, 5.41) is 25.2. The van der Waals surface area contributed by atoms with Crippen molar-refractivity contribution in [1.29, 1.82) is 0 Å². The van der Waals surface area contributed by atoms with Crippen molar-refractivity contribution in [2.75, 3.05) is 6.54 Å². The van der Waals surface area contributed by atoms with E-state index in [-0.39, 0.29) is 12.2 Å². The number of nitrogens with one attached hydrogen (secondary N) is 1. The average molecular weight is 424 g/mol. The number of rotatable bonds is 7. The highest BCUT2D eigenvalue weighted by molar-refractivity contribution is 9.10. The molecule has 1 aromatic carbocycles. The standard InChI is InChI=1S/C17H18BrN3O5/c1-2-3-12-15(24)14(16(25)19-8-13(22)23)17(26)21(20-12)9-10-4-6-11(18)7-5-10/h4-7,24H,2-3,8-9H2,1H3,(H,19,25)(H,22,23). The summed E-state index contributed by atoms with van der Waals surface area (Å²) in [5.74, 6) is -2.71. The summed E-state index contributed by atoms with van der Waals surface area (Å²) in [6.07, 6.45) is 1.01. The van der Waals surface area contributed by atoms with Gasteiger partial charge in [0.15, 0.2) is 5.75 Å². The fourth-order valence-corrected chi connectivity index (χ4v) is 2.60. The summed E-state index contributed by atoms with van der Waals surface area (Å²) in [6.45, 7) is 1.33. The molecule has 26 heavy (non-hydrogen) atoms. The average Bonchev–Trinajstić information content (AvgIpc) is 2.59. The Morgan fingerprint density at radius 1 is 1.27 bits per heavy atom. The van der Waals surface area contributed by atoms with Crippen LogP contribution in [0, 0.1) is 0 Å². The number of carboxylic acids is 1. The van der Waals surface area contributed by atoms with Gasteiger partial charge in [0.2, 0.25) is 0 Å². The molecule has 1 aromatic heterocycles. The molecule has 0 radical (unpaired) electrons. The number of aliphatic carboxylic acids is 1. The minimum atomic E-state index is -1.25. The van der Waals surface area contributed by atoms with Gasteiger partial charge >= 0.3 is 5.97 Å². The van der Waals surface area contributed by atoms with Gasteiger partial charge in [-0.25, -0.2) is 4.68 Å². The number of aromatic nitrogens is 2. The van der Waals surface area contributed by atoms with Crippen molar-refractivity contribution >= 4 is 27.8 Å². The monoisotopic (exact) mass is 423 g/mol. The fraction of sp³-hybridized carbons (Fsp3) is 0.294. The zero-order valence-electron chi connectivity index (χ0n) is 14.0. The van der Waals surface area contributed by atoms with Crippen LogP contribution in [-0.2, 0) is 17.8 Å². The summed E-state index contributed by atoms with van der Waals surface area (Å²) in [7, 11) is 0. The second-order valence-electron chi connectivity index (χ2n) is 5.59. The molecule has 0 saturated carbocycles. The molecule has 8 nitrogen and oxygen atoms in total. The van der Waals surface area contributed by atoms with Crippen molar-refractivity contribution in [3.63, 3.8) is 0 Å². The van der Waals surface area contributed by atoms with Gasteiger partial charge in [0, 0.05) is 4.47 Å². The molecule has 1 amide bonds. The number of aromatic hydroxyl groups is 1. The van der Waals surface area contributed by atoms with E-state index in [9.17, 15) is 19.5 Å². The molecule has 3 N–H and O–H groups in total. The van der Waals surface area contributed by atoms with Crippen molar-refractivity contribution in [1.82, 2.24) is 15.1 Å². The van der Waals surface area contributed by atoms with E-state index in [4.69, 9.17) is 5.11 Å². The highest BCUT2D eigenvalue weighted by Gasteiger charge is 2.23. The Morgan fingerprint density at radius 3 is 2.50 bits per heavy atom. The number of carbonyl (C=O) groups is 2. The molecular formula is C17H18BrN3O5. The molecule has 0 fully saturated rings. The third-order valence-corrected chi connectivity index (χ3v) is 4.09. The first kappa shape index (κ1) is 19.6. The van der Waals surface area contributed by atoms with E-state index in [1.54, 1.807) is 12.1 Å². The van der Waals surface area contributed by atoms with Crippen molar-refractivity contribution in [3.05, 3.63) is 55.9 Å². The summed E-state index contributed by atoms with van der Waals surface area (Å²) in [4.78, 5) is 35.5. The Labute approximate surface area is 157 Å². The van der Waals surface area contributed by atoms with E-state index in [0.717, 1.165) is 14.7 Å². The molecule has 0 saturated heterocycles. The Morgan fingerprint density at radius 2 is 1.92 bits per heavy atom. The molecule has 0 atom stereocenters. The van der Waals surface area contributed by atoms with Crippen LogP contribution in [0.15, 0.2) is 33.5 Å². The van der Waals surface area contributed by atoms with Crippen LogP contribution in [0.25, 0.3) is 0 Å². The molecule has 0 aliphatic rings. The summed E-state index contributed by atoms with van der Waals surface area (Å²) in [5.41, 5.74) is -0.285. The number of hydrogen-bond acceptors (Lipinski definition) is 5. The second-order valence-corrected chi connectivity index (χ2v) is 6.50. The first-order valence-corrected chi connectivity index (χ1v) is 8.70. The third kappa shape index (κ3) is 4.69. The lowest BCUT2D eigenvalue weighted by Gasteiger charge is -2.13. The van der Waals surface area contributed by atoms with Gasteiger partial charge in [-0.15, -0.1) is 0 Å². The van der Waals surface area contributed by atoms with Crippen LogP contribution >= 0.6 is 15.9 Å². The quantitative estimate of drug-likeness (QED) is 0.620. The smallest absolute Gasteiger partial charge is 0.322 e. The van der Waals surface area contributed by atoms with Gasteiger partial charge in [-0.2, -0.15) is 5.10 Å². The molecule has 0 bridgehead atoms. The Balaban J connectivity index is 2.47. The van der Waals surface area contributed by atoms with Gasteiger partial charge in [0.05, 0.1) is 6.54 Å². The number of aryl methyl sites for hydroxylation is 1. The molecule has 0 aliphatic carbocycles. The molecule has 0 spiro atoms. The van der Waals surface area contributed by atoms with Crippen LogP contribution < -0.4 is 10.9 Å². The number of halogens is 1. The molecule has 1 heterocycles. The zero-order chi connectivity index (χ0) is 19.3. The van der Waals surface area contributed by atoms with Gasteiger partial charge < -0.3 is 15.5 Å². The maximum absolute atomic E-state index is 12.6. The maximum Gasteiger partial charge on any atom is 0.322 e. The SMILES string of the molecule is CCCc1nn(Cc2ccc(Br)cc2)c(=O)c(C(=O)NCC(=O)O)c1O. The van der Waals surface area contributed by atoms with Gasteiger partial charge in [-0.05, 0) is 24.1 Å². The summed E-state index contributed by atoms with van der Waals surface area (Å²) < 4.78 is 1.98. The molecule has 0 unspecified atom stereocenters. The van der Waals surface area contributed by atoms with Crippen LogP contribution in [-0.4, -0.2) is 38.4 Å². The Kier molecular flexibility index (Phi) is 6.51. The Hall–Kier alpha value is -2.68. The normalized spacial score (nSPS) is 10.5. The van der Waals surface area contributed by atoms with E-state index in [1.165, 1.54) is 0 Å². The molecule has 138 valence electrons. The lowest BCUT2D eigenvalue weighted by atomic mass is 10.1. The highest BCUT2D eigenvalue weighted by atomic mass is 79.9. The molecule has 2 aromatic rings. The van der Waals surface area contributed by atoms with Crippen LogP contribution in [0.3, 0.4) is 0 Å². The number of hydrogen-bond donors (Lipinski definition) is 3. The Bertz CT molecular complexity index is 877. The molecular weight excluding hydrogens is 406 g/mol. The number of amides is 1. The van der Waals surface area contributed by atoms with E-state index in [0.29, 0.717) is 12.8 Å². The predicted octanol–water partition coefficient (Wildman–Crippen LogP) is 1.53. The second kappa shape index (κ2) is 8.61. The van der Waals surface area contributed by atoms with Gasteiger partial charge in [0.1, 0.15) is 17.8 Å². The van der Waals surface area contributed by atoms with Crippen molar-refractivity contribution < 1.29 is 19.8 Å². The summed E-state index contributed by atoms with van der Waals surface area (Å²) in [6, 6.07) is 7.23. The molecule has 0 aliphatic heterocycles. The minimum Gasteiger partial charge on any atom is -0.505 e. The molecule has 2 rings (SSSR count). The third-order valence-electron chi connectivity index (χ3n) is 3.56. The van der Waals surface area contributed by atoms with Crippen molar-refractivity contribution in [3.8, 4) is 5.75 Å². The van der Waals surface area contributed by atoms with Crippen LogP contribution in [0.2, 0.25) is 0 Å². The first-order valence-electron chi connectivity index (χ1n) is 7.90. The predicted molar refractivity (Wildman–Crippen MR) is 97.4 cm³/mol. The van der Waals surface area contributed by atoms with E-state index in [2.05, 4.69) is 26.3 Å². The van der Waals surface area contributed by atoms with Crippen molar-refractivity contribution in [2.24, 2.45) is 0 Å². The zero-order valence-corrected chi connectivity index (χ0v) is 15.6. The van der Waals surface area contributed by atoms with Gasteiger partial charge in [-0.3, -0.25) is 14.4 Å². The van der Waals surface area contributed by atoms with Crippen molar-refractivity contribution in [2.45, 2.75) is 26.3 Å². The number of carbonyl (C=O) groups excluding carboxylic acids is 1. The first-order chi connectivity index (χ1) is 12.3. The van der Waals surface area contributed by atoms with Crippen LogP contribution in [0.1, 0.15) is 35.0 Å². The van der Waals surface area contributed by atoms with Gasteiger partial charge in [-0.1, -0.05) is 41.4 Å². The van der Waals surface area contributed by atoms with E-state index in [1.807, 2.05) is 19.1 Å². The fourth-order valence-electron chi connectivity index (χ4n) is 2.34. The van der Waals surface area contributed by atoms with E-state index >= 15 is 0 Å². The lowest BCUT2D eigenvalue weighted by molar-refractivity contribution is -0.135. The molecule has 9 heteroatoms. The maximum atomic E-state index is 12.6. The summed E-state index contributed by atoms with van der Waals surface area (Å²) >= 11 is 3.33. The van der Waals surface area contributed by atoms with Gasteiger partial charge in [0.25, 0.3) is 11.5 Å². The van der Waals surface area contributed by atoms with Crippen LogP contribution in [0.4, 0.5) is 0 Å². The lowest BCUT2D eigenvalue weighted by Crippen LogP contribution is -2.37. The number of carboxylic acid groups (broad SMARTS) is 1. The topological polar surface area (TPSA) is 122 Å². The van der Waals surface area contributed by atoms with E-state index < -0.39 is 35.3 Å².